The van der Waals surface area contributed by atoms with E-state index >= 15 is 0 Å². The molecule has 0 radical (unpaired) electrons. The third-order valence-corrected chi connectivity index (χ3v) is 4.45. The fourth-order valence-electron chi connectivity index (χ4n) is 1.65. The lowest BCUT2D eigenvalue weighted by Gasteiger charge is -2.17. The molecular weight excluding hydrogens is 220 g/mol. The van der Waals surface area contributed by atoms with Crippen LogP contribution in [0.3, 0.4) is 0 Å². The van der Waals surface area contributed by atoms with Crippen molar-refractivity contribution in [2.45, 2.75) is 26.2 Å². The van der Waals surface area contributed by atoms with Gasteiger partial charge in [-0.25, -0.2) is 0 Å². The first-order valence-electron chi connectivity index (χ1n) is 4.02. The van der Waals surface area contributed by atoms with Gasteiger partial charge in [-0.15, -0.1) is 11.3 Å². The van der Waals surface area contributed by atoms with Gasteiger partial charge in [-0.3, -0.25) is 0 Å². The molecule has 2 rings (SSSR count). The van der Waals surface area contributed by atoms with E-state index in [0.29, 0.717) is 0 Å². The van der Waals surface area contributed by atoms with Gasteiger partial charge in [-0.2, -0.15) is 0 Å². The van der Waals surface area contributed by atoms with Gasteiger partial charge in [0, 0.05) is 14.7 Å². The van der Waals surface area contributed by atoms with Crippen molar-refractivity contribution in [3.05, 3.63) is 20.3 Å². The number of fused-ring (bicyclic) bond motifs is 1. The highest BCUT2D eigenvalue weighted by molar-refractivity contribution is 9.10. The molecule has 0 saturated carbocycles. The topological polar surface area (TPSA) is 0 Å². The molecule has 0 amide bonds. The van der Waals surface area contributed by atoms with Crippen molar-refractivity contribution in [3.63, 3.8) is 0 Å². The predicted octanol–water partition coefficient (Wildman–Crippen LogP) is 3.64. The van der Waals surface area contributed by atoms with Gasteiger partial charge in [0.05, 0.1) is 0 Å². The molecule has 1 aliphatic rings. The zero-order valence-electron chi connectivity index (χ0n) is 6.56. The summed E-state index contributed by atoms with van der Waals surface area (Å²) in [5, 5.41) is 2.22. The van der Waals surface area contributed by atoms with Crippen molar-refractivity contribution in [1.82, 2.24) is 0 Å². The molecule has 1 aromatic rings. The molecule has 1 atom stereocenters. The zero-order chi connectivity index (χ0) is 7.84. The minimum Gasteiger partial charge on any atom is -0.147 e. The summed E-state index contributed by atoms with van der Waals surface area (Å²) in [7, 11) is 0. The molecule has 0 fully saturated rings. The molecule has 1 aliphatic carbocycles. The van der Waals surface area contributed by atoms with Crippen LogP contribution in [0.5, 0.6) is 0 Å². The van der Waals surface area contributed by atoms with Crippen LogP contribution >= 0.6 is 27.3 Å². The van der Waals surface area contributed by atoms with Crippen molar-refractivity contribution < 1.29 is 0 Å². The Kier molecular flexibility index (Phi) is 2.06. The molecule has 60 valence electrons. The molecule has 0 nitrogen and oxygen atoms in total. The fraction of sp³-hybridized carbons (Fsp3) is 0.556. The van der Waals surface area contributed by atoms with E-state index < -0.39 is 0 Å². The Balaban J connectivity index is 2.37. The van der Waals surface area contributed by atoms with E-state index in [4.69, 9.17) is 0 Å². The average Bonchev–Trinajstić information content (AvgIpc) is 2.33. The Morgan fingerprint density at radius 1 is 1.64 bits per heavy atom. The first-order valence-corrected chi connectivity index (χ1v) is 5.69. The van der Waals surface area contributed by atoms with Crippen molar-refractivity contribution in [2.24, 2.45) is 5.92 Å². The van der Waals surface area contributed by atoms with E-state index in [0.717, 1.165) is 5.92 Å². The summed E-state index contributed by atoms with van der Waals surface area (Å²) >= 11 is 5.50. The van der Waals surface area contributed by atoms with Gasteiger partial charge < -0.3 is 0 Å². The highest BCUT2D eigenvalue weighted by Gasteiger charge is 2.18. The van der Waals surface area contributed by atoms with Gasteiger partial charge in [0.15, 0.2) is 0 Å². The van der Waals surface area contributed by atoms with Gasteiger partial charge >= 0.3 is 0 Å². The zero-order valence-corrected chi connectivity index (χ0v) is 8.96. The number of halogens is 1. The Bertz CT molecular complexity index is 265. The monoisotopic (exact) mass is 230 g/mol. The lowest BCUT2D eigenvalue weighted by molar-refractivity contribution is 0.505. The van der Waals surface area contributed by atoms with Crippen LogP contribution in [0.1, 0.15) is 23.8 Å². The van der Waals surface area contributed by atoms with Crippen LogP contribution in [-0.4, -0.2) is 0 Å². The summed E-state index contributed by atoms with van der Waals surface area (Å²) in [6.07, 6.45) is 3.95. The highest BCUT2D eigenvalue weighted by Crippen LogP contribution is 2.35. The number of rotatable bonds is 0. The lowest BCUT2D eigenvalue weighted by atomic mass is 9.90. The standard InChI is InChI=1S/C9H11BrS/c1-6-2-3-9-7(4-6)8(10)5-11-9/h5-6H,2-4H2,1H3. The molecule has 1 unspecified atom stereocenters. The maximum Gasteiger partial charge on any atom is 0.0317 e. The van der Waals surface area contributed by atoms with Crippen LogP contribution in [0.15, 0.2) is 9.85 Å². The summed E-state index contributed by atoms with van der Waals surface area (Å²) in [6, 6.07) is 0. The second-order valence-corrected chi connectivity index (χ2v) is 5.15. The van der Waals surface area contributed by atoms with Gasteiger partial charge in [0.1, 0.15) is 0 Å². The molecule has 0 spiro atoms. The second-order valence-electron chi connectivity index (χ2n) is 3.33. The number of aryl methyl sites for hydroxylation is 1. The average molecular weight is 231 g/mol. The minimum absolute atomic E-state index is 0.883. The summed E-state index contributed by atoms with van der Waals surface area (Å²) in [5.41, 5.74) is 1.58. The lowest BCUT2D eigenvalue weighted by Crippen LogP contribution is -2.08. The Morgan fingerprint density at radius 2 is 2.45 bits per heavy atom. The number of hydrogen-bond donors (Lipinski definition) is 0. The summed E-state index contributed by atoms with van der Waals surface area (Å²) in [4.78, 5) is 1.61. The fourth-order valence-corrected chi connectivity index (χ4v) is 3.42. The predicted molar refractivity (Wildman–Crippen MR) is 53.2 cm³/mol. The van der Waals surface area contributed by atoms with Gasteiger partial charge in [0.2, 0.25) is 0 Å². The summed E-state index contributed by atoms with van der Waals surface area (Å²) in [6.45, 7) is 2.34. The third kappa shape index (κ3) is 1.38. The third-order valence-electron chi connectivity index (χ3n) is 2.35. The van der Waals surface area contributed by atoms with Gasteiger partial charge in [-0.05, 0) is 46.7 Å². The maximum absolute atomic E-state index is 3.59. The Morgan fingerprint density at radius 3 is 3.27 bits per heavy atom. The van der Waals surface area contributed by atoms with Crippen LogP contribution in [0.2, 0.25) is 0 Å². The molecule has 0 bridgehead atoms. The van der Waals surface area contributed by atoms with Gasteiger partial charge in [0.25, 0.3) is 0 Å². The first-order chi connectivity index (χ1) is 5.27. The van der Waals surface area contributed by atoms with Crippen LogP contribution in [-0.2, 0) is 12.8 Å². The molecule has 1 aromatic heterocycles. The highest BCUT2D eigenvalue weighted by atomic mass is 79.9. The van der Waals surface area contributed by atoms with E-state index in [9.17, 15) is 0 Å². The maximum atomic E-state index is 3.59. The van der Waals surface area contributed by atoms with Crippen molar-refractivity contribution in [2.75, 3.05) is 0 Å². The Hall–Kier alpha value is 0.180. The van der Waals surface area contributed by atoms with E-state index in [1.54, 1.807) is 10.4 Å². The summed E-state index contributed by atoms with van der Waals surface area (Å²) in [5.74, 6) is 0.883. The van der Waals surface area contributed by atoms with Crippen molar-refractivity contribution >= 4 is 27.3 Å². The van der Waals surface area contributed by atoms with Gasteiger partial charge in [-0.1, -0.05) is 6.92 Å². The van der Waals surface area contributed by atoms with Crippen molar-refractivity contribution in [3.8, 4) is 0 Å². The SMILES string of the molecule is CC1CCc2scc(Br)c2C1. The number of thiophene rings is 1. The number of hydrogen-bond acceptors (Lipinski definition) is 1. The van der Waals surface area contributed by atoms with Crippen molar-refractivity contribution in [1.29, 1.82) is 0 Å². The largest absolute Gasteiger partial charge is 0.147 e. The smallest absolute Gasteiger partial charge is 0.0317 e. The summed E-state index contributed by atoms with van der Waals surface area (Å²) < 4.78 is 1.34. The second kappa shape index (κ2) is 2.91. The Labute approximate surface area is 79.8 Å². The van der Waals surface area contributed by atoms with E-state index in [2.05, 4.69) is 28.2 Å². The molecular formula is C9H11BrS. The minimum atomic E-state index is 0.883. The van der Waals surface area contributed by atoms with Crippen LogP contribution in [0, 0.1) is 5.92 Å². The molecule has 0 N–H and O–H groups in total. The molecule has 2 heteroatoms. The quantitative estimate of drug-likeness (QED) is 0.639. The van der Waals surface area contributed by atoms with Crippen LogP contribution < -0.4 is 0 Å². The molecule has 0 aromatic carbocycles. The van der Waals surface area contributed by atoms with Crippen LogP contribution in [0.25, 0.3) is 0 Å². The molecule has 1 heterocycles. The van der Waals surface area contributed by atoms with Crippen LogP contribution in [0.4, 0.5) is 0 Å². The van der Waals surface area contributed by atoms with E-state index in [1.165, 1.54) is 23.7 Å². The molecule has 0 aliphatic heterocycles. The normalized spacial score (nSPS) is 23.3. The molecule has 0 saturated heterocycles. The van der Waals surface area contributed by atoms with E-state index in [1.807, 2.05) is 11.3 Å². The first kappa shape index (κ1) is 7.81. The van der Waals surface area contributed by atoms with E-state index in [-0.39, 0.29) is 0 Å². The molecule has 11 heavy (non-hydrogen) atoms.